The highest BCUT2D eigenvalue weighted by molar-refractivity contribution is 6.02. The largest absolute Gasteiger partial charge is 0.497 e. The summed E-state index contributed by atoms with van der Waals surface area (Å²) in [6.07, 6.45) is 2.90. The highest BCUT2D eigenvalue weighted by Crippen LogP contribution is 2.25. The number of nitrogens with one attached hydrogen (secondary N) is 2. The Morgan fingerprint density at radius 1 is 1.04 bits per heavy atom. The van der Waals surface area contributed by atoms with Crippen LogP contribution in [0, 0.1) is 5.82 Å². The van der Waals surface area contributed by atoms with Crippen LogP contribution in [-0.2, 0) is 9.59 Å². The number of rotatable bonds is 6. The topological polar surface area (TPSA) is 76.7 Å². The molecule has 0 bridgehead atoms. The van der Waals surface area contributed by atoms with Gasteiger partial charge in [-0.25, -0.2) is 4.39 Å². The van der Waals surface area contributed by atoms with E-state index in [2.05, 4.69) is 10.6 Å². The van der Waals surface area contributed by atoms with E-state index in [1.807, 2.05) is 0 Å². The van der Waals surface area contributed by atoms with Gasteiger partial charge in [0.15, 0.2) is 0 Å². The van der Waals surface area contributed by atoms with E-state index < -0.39 is 17.6 Å². The van der Waals surface area contributed by atoms with E-state index in [0.717, 1.165) is 6.07 Å². The second-order valence-electron chi connectivity index (χ2n) is 5.31. The lowest BCUT2D eigenvalue weighted by molar-refractivity contribution is -0.114. The number of carbonyl (C=O) groups is 2. The number of ether oxygens (including phenoxy) is 2. The Kier molecular flexibility index (Phi) is 6.32. The highest BCUT2D eigenvalue weighted by atomic mass is 19.1. The van der Waals surface area contributed by atoms with Crippen molar-refractivity contribution in [2.24, 2.45) is 0 Å². The van der Waals surface area contributed by atoms with Crippen molar-refractivity contribution in [3.05, 3.63) is 53.9 Å². The first-order valence-electron chi connectivity index (χ1n) is 7.71. The molecule has 2 N–H and O–H groups in total. The van der Waals surface area contributed by atoms with Gasteiger partial charge in [0.25, 0.3) is 0 Å². The summed E-state index contributed by atoms with van der Waals surface area (Å²) in [6.45, 7) is 1.27. The second-order valence-corrected chi connectivity index (χ2v) is 5.31. The smallest absolute Gasteiger partial charge is 0.248 e. The van der Waals surface area contributed by atoms with E-state index in [4.69, 9.17) is 9.47 Å². The van der Waals surface area contributed by atoms with Crippen molar-refractivity contribution in [1.82, 2.24) is 0 Å². The molecule has 0 aliphatic carbocycles. The van der Waals surface area contributed by atoms with Gasteiger partial charge in [-0.2, -0.15) is 0 Å². The molecule has 0 fully saturated rings. The molecule has 2 amide bonds. The molecule has 26 heavy (non-hydrogen) atoms. The first-order valence-corrected chi connectivity index (χ1v) is 7.71. The molecule has 0 aliphatic heterocycles. The second kappa shape index (κ2) is 8.66. The minimum absolute atomic E-state index is 0.00579. The number of benzene rings is 2. The highest BCUT2D eigenvalue weighted by Gasteiger charge is 2.07. The fourth-order valence-corrected chi connectivity index (χ4v) is 2.21. The third kappa shape index (κ3) is 5.07. The average molecular weight is 358 g/mol. The molecule has 7 heteroatoms. The fraction of sp³-hybridized carbons (Fsp3) is 0.158. The Hall–Kier alpha value is -3.35. The molecule has 0 unspecified atom stereocenters. The van der Waals surface area contributed by atoms with E-state index in [-0.39, 0.29) is 5.69 Å². The van der Waals surface area contributed by atoms with Gasteiger partial charge in [0.1, 0.15) is 17.3 Å². The summed E-state index contributed by atoms with van der Waals surface area (Å²) in [5, 5.41) is 4.96. The zero-order valence-electron chi connectivity index (χ0n) is 14.6. The molecule has 0 saturated carbocycles. The SMILES string of the molecule is COc1ccc(OC)c(/C=C/C(=O)Nc2ccc(F)c(NC(C)=O)c2)c1. The Morgan fingerprint density at radius 2 is 1.81 bits per heavy atom. The molecule has 2 aromatic rings. The van der Waals surface area contributed by atoms with Gasteiger partial charge in [0, 0.05) is 24.3 Å². The van der Waals surface area contributed by atoms with Crippen molar-refractivity contribution in [3.8, 4) is 11.5 Å². The van der Waals surface area contributed by atoms with Crippen LogP contribution in [0.5, 0.6) is 11.5 Å². The number of hydrogen-bond donors (Lipinski definition) is 2. The van der Waals surface area contributed by atoms with Crippen molar-refractivity contribution < 1.29 is 23.5 Å². The zero-order valence-corrected chi connectivity index (χ0v) is 14.6. The first kappa shape index (κ1) is 19.0. The minimum Gasteiger partial charge on any atom is -0.497 e. The number of anilines is 2. The standard InChI is InChI=1S/C19H19FN2O4/c1-12(23)21-17-11-14(5-7-16(17)20)22-19(24)9-4-13-10-15(25-2)6-8-18(13)26-3/h4-11H,1-3H3,(H,21,23)(H,22,24)/b9-4+. The minimum atomic E-state index is -0.588. The molecule has 0 spiro atoms. The molecule has 2 rings (SSSR count). The van der Waals surface area contributed by atoms with Gasteiger partial charge < -0.3 is 20.1 Å². The summed E-state index contributed by atoms with van der Waals surface area (Å²) in [4.78, 5) is 23.2. The van der Waals surface area contributed by atoms with E-state index >= 15 is 0 Å². The van der Waals surface area contributed by atoms with Crippen molar-refractivity contribution in [3.63, 3.8) is 0 Å². The van der Waals surface area contributed by atoms with Crippen LogP contribution in [0.4, 0.5) is 15.8 Å². The van der Waals surface area contributed by atoms with Crippen LogP contribution < -0.4 is 20.1 Å². The van der Waals surface area contributed by atoms with Gasteiger partial charge in [0.05, 0.1) is 19.9 Å². The van der Waals surface area contributed by atoms with Gasteiger partial charge in [-0.1, -0.05) is 0 Å². The maximum atomic E-state index is 13.6. The Morgan fingerprint density at radius 3 is 2.46 bits per heavy atom. The molecule has 0 aromatic heterocycles. The maximum absolute atomic E-state index is 13.6. The van der Waals surface area contributed by atoms with Gasteiger partial charge >= 0.3 is 0 Å². The fourth-order valence-electron chi connectivity index (χ4n) is 2.21. The van der Waals surface area contributed by atoms with Crippen molar-refractivity contribution in [2.45, 2.75) is 6.92 Å². The Bertz CT molecular complexity index is 849. The summed E-state index contributed by atoms with van der Waals surface area (Å²) < 4.78 is 24.0. The van der Waals surface area contributed by atoms with E-state index in [1.165, 1.54) is 32.2 Å². The first-order chi connectivity index (χ1) is 12.4. The summed E-state index contributed by atoms with van der Waals surface area (Å²) in [7, 11) is 3.07. The van der Waals surface area contributed by atoms with Crippen molar-refractivity contribution in [2.75, 3.05) is 24.9 Å². The van der Waals surface area contributed by atoms with Crippen molar-refractivity contribution >= 4 is 29.3 Å². The average Bonchev–Trinajstić information content (AvgIpc) is 2.62. The van der Waals surface area contributed by atoms with Crippen molar-refractivity contribution in [1.29, 1.82) is 0 Å². The third-order valence-electron chi connectivity index (χ3n) is 3.40. The molecule has 0 heterocycles. The van der Waals surface area contributed by atoms with Crippen LogP contribution >= 0.6 is 0 Å². The normalized spacial score (nSPS) is 10.5. The molecule has 0 saturated heterocycles. The predicted molar refractivity (Wildman–Crippen MR) is 97.9 cm³/mol. The monoisotopic (exact) mass is 358 g/mol. The predicted octanol–water partition coefficient (Wildman–Crippen LogP) is 3.45. The van der Waals surface area contributed by atoms with Crippen LogP contribution in [0.3, 0.4) is 0 Å². The summed E-state index contributed by atoms with van der Waals surface area (Å²) in [6, 6.07) is 9.12. The molecular weight excluding hydrogens is 339 g/mol. The maximum Gasteiger partial charge on any atom is 0.248 e. The number of amides is 2. The van der Waals surface area contributed by atoms with Gasteiger partial charge in [-0.3, -0.25) is 9.59 Å². The lowest BCUT2D eigenvalue weighted by atomic mass is 10.1. The quantitative estimate of drug-likeness (QED) is 0.776. The lowest BCUT2D eigenvalue weighted by Gasteiger charge is -2.08. The molecule has 136 valence electrons. The van der Waals surface area contributed by atoms with Crippen LogP contribution in [0.25, 0.3) is 6.08 Å². The van der Waals surface area contributed by atoms with E-state index in [1.54, 1.807) is 31.4 Å². The molecule has 6 nitrogen and oxygen atoms in total. The van der Waals surface area contributed by atoms with Gasteiger partial charge in [-0.05, 0) is 42.5 Å². The zero-order chi connectivity index (χ0) is 19.1. The summed E-state index contributed by atoms with van der Waals surface area (Å²) in [5.41, 5.74) is 1.01. The molecule has 0 radical (unpaired) electrons. The molecule has 0 aliphatic rings. The van der Waals surface area contributed by atoms with E-state index in [0.29, 0.717) is 22.7 Å². The molecular formula is C19H19FN2O4. The number of carbonyl (C=O) groups excluding carboxylic acids is 2. The van der Waals surface area contributed by atoms with Gasteiger partial charge in [-0.15, -0.1) is 0 Å². The third-order valence-corrected chi connectivity index (χ3v) is 3.40. The Balaban J connectivity index is 2.14. The number of halogens is 1. The lowest BCUT2D eigenvalue weighted by Crippen LogP contribution is -2.10. The number of methoxy groups -OCH3 is 2. The van der Waals surface area contributed by atoms with E-state index in [9.17, 15) is 14.0 Å². The summed E-state index contributed by atoms with van der Waals surface area (Å²) in [5.74, 6) is -0.198. The summed E-state index contributed by atoms with van der Waals surface area (Å²) >= 11 is 0. The Labute approximate surface area is 150 Å². The number of hydrogen-bond acceptors (Lipinski definition) is 4. The molecule has 0 atom stereocenters. The van der Waals surface area contributed by atoms with Crippen LogP contribution in [0.2, 0.25) is 0 Å². The van der Waals surface area contributed by atoms with Gasteiger partial charge in [0.2, 0.25) is 11.8 Å². The van der Waals surface area contributed by atoms with Crippen LogP contribution in [0.15, 0.2) is 42.5 Å². The van der Waals surface area contributed by atoms with Crippen LogP contribution in [0.1, 0.15) is 12.5 Å². The molecule has 2 aromatic carbocycles. The van der Waals surface area contributed by atoms with Crippen LogP contribution in [-0.4, -0.2) is 26.0 Å².